The number of benzene rings is 1. The first-order valence-electron chi connectivity index (χ1n) is 5.47. The van der Waals surface area contributed by atoms with Crippen LogP contribution in [0.2, 0.25) is 0 Å². The quantitative estimate of drug-likeness (QED) is 0.664. The Morgan fingerprint density at radius 2 is 2.22 bits per heavy atom. The van der Waals surface area contributed by atoms with Crippen LogP contribution in [0.4, 0.5) is 0 Å². The molecule has 0 aliphatic rings. The molecule has 0 amide bonds. The Morgan fingerprint density at radius 1 is 1.44 bits per heavy atom. The van der Waals surface area contributed by atoms with E-state index in [1.807, 2.05) is 24.3 Å². The highest BCUT2D eigenvalue weighted by atomic mass is 32.2. The number of fused-ring (bicyclic) bond motifs is 1. The van der Waals surface area contributed by atoms with E-state index in [2.05, 4.69) is 4.98 Å². The lowest BCUT2D eigenvalue weighted by Gasteiger charge is -2.06. The molecule has 1 aromatic carbocycles. The van der Waals surface area contributed by atoms with Gasteiger partial charge in [-0.25, -0.2) is 9.78 Å². The van der Waals surface area contributed by atoms with Crippen molar-refractivity contribution in [3.63, 3.8) is 0 Å². The molecule has 1 N–H and O–H groups in total. The van der Waals surface area contributed by atoms with Gasteiger partial charge in [0.15, 0.2) is 0 Å². The molecule has 0 bridgehead atoms. The minimum absolute atomic E-state index is 0.245. The highest BCUT2D eigenvalue weighted by molar-refractivity contribution is 7.99. The van der Waals surface area contributed by atoms with Gasteiger partial charge in [-0.15, -0.1) is 11.8 Å². The van der Waals surface area contributed by atoms with Gasteiger partial charge >= 0.3 is 5.97 Å². The molecule has 0 aliphatic heterocycles. The molecule has 5 heteroatoms. The van der Waals surface area contributed by atoms with E-state index in [1.54, 1.807) is 13.2 Å². The first-order chi connectivity index (χ1) is 8.72. The Hall–Kier alpha value is -1.59. The van der Waals surface area contributed by atoms with E-state index in [9.17, 15) is 9.90 Å². The number of aromatic carboxylic acids is 1. The molecule has 0 fully saturated rings. The molecule has 1 aromatic heterocycles. The summed E-state index contributed by atoms with van der Waals surface area (Å²) in [5, 5.41) is 10.6. The first-order valence-corrected chi connectivity index (χ1v) is 6.45. The smallest absolute Gasteiger partial charge is 0.338 e. The standard InChI is InChI=1S/C13H13NO3S/c1-17-6-7-18-12-10(13(15)16)8-9-4-2-3-5-11(9)14-12/h2-5,8H,6-7H2,1H3,(H,15,16). The Morgan fingerprint density at radius 3 is 2.94 bits per heavy atom. The summed E-state index contributed by atoms with van der Waals surface area (Å²) in [6.45, 7) is 0.568. The molecule has 0 unspecified atom stereocenters. The summed E-state index contributed by atoms with van der Waals surface area (Å²) in [6, 6.07) is 9.16. The van der Waals surface area contributed by atoms with Crippen LogP contribution in [0.5, 0.6) is 0 Å². The first kappa shape index (κ1) is 12.9. The third-order valence-corrected chi connectivity index (χ3v) is 3.40. The van der Waals surface area contributed by atoms with Gasteiger partial charge in [-0.05, 0) is 12.1 Å². The van der Waals surface area contributed by atoms with Crippen molar-refractivity contribution in [3.05, 3.63) is 35.9 Å². The molecule has 0 aliphatic carbocycles. The summed E-state index contributed by atoms with van der Waals surface area (Å²) in [5.41, 5.74) is 1.05. The number of carboxylic acid groups (broad SMARTS) is 1. The number of methoxy groups -OCH3 is 1. The molecule has 0 radical (unpaired) electrons. The van der Waals surface area contributed by atoms with E-state index in [4.69, 9.17) is 4.74 Å². The SMILES string of the molecule is COCCSc1nc2ccccc2cc1C(=O)O. The van der Waals surface area contributed by atoms with Gasteiger partial charge in [0.2, 0.25) is 0 Å². The molecule has 2 rings (SSSR count). The topological polar surface area (TPSA) is 59.4 Å². The number of para-hydroxylation sites is 1. The maximum atomic E-state index is 11.2. The van der Waals surface area contributed by atoms with Gasteiger partial charge < -0.3 is 9.84 Å². The van der Waals surface area contributed by atoms with Crippen LogP contribution in [0.3, 0.4) is 0 Å². The fraction of sp³-hybridized carbons (Fsp3) is 0.231. The summed E-state index contributed by atoms with van der Waals surface area (Å²) >= 11 is 1.40. The van der Waals surface area contributed by atoms with Gasteiger partial charge in [-0.2, -0.15) is 0 Å². The number of hydrogen-bond donors (Lipinski definition) is 1. The lowest BCUT2D eigenvalue weighted by Crippen LogP contribution is -2.03. The minimum Gasteiger partial charge on any atom is -0.478 e. The minimum atomic E-state index is -0.951. The summed E-state index contributed by atoms with van der Waals surface area (Å²) < 4.78 is 4.96. The predicted molar refractivity (Wildman–Crippen MR) is 71.3 cm³/mol. The molecule has 0 atom stereocenters. The number of hydrogen-bond acceptors (Lipinski definition) is 4. The van der Waals surface area contributed by atoms with Crippen LogP contribution in [-0.2, 0) is 4.74 Å². The third-order valence-electron chi connectivity index (χ3n) is 2.45. The van der Waals surface area contributed by atoms with Crippen LogP contribution in [0.1, 0.15) is 10.4 Å². The maximum Gasteiger partial charge on any atom is 0.338 e. The van der Waals surface area contributed by atoms with Crippen molar-refractivity contribution in [2.45, 2.75) is 5.03 Å². The van der Waals surface area contributed by atoms with Crippen molar-refractivity contribution in [2.24, 2.45) is 0 Å². The average molecular weight is 263 g/mol. The van der Waals surface area contributed by atoms with Crippen LogP contribution in [0.15, 0.2) is 35.4 Å². The Kier molecular flexibility index (Phi) is 4.17. The van der Waals surface area contributed by atoms with Crippen LogP contribution < -0.4 is 0 Å². The fourth-order valence-electron chi connectivity index (χ4n) is 1.58. The van der Waals surface area contributed by atoms with Crippen molar-refractivity contribution in [1.82, 2.24) is 4.98 Å². The monoisotopic (exact) mass is 263 g/mol. The second-order valence-electron chi connectivity index (χ2n) is 3.68. The van der Waals surface area contributed by atoms with Crippen LogP contribution in [-0.4, -0.2) is 35.5 Å². The van der Waals surface area contributed by atoms with Crippen LogP contribution in [0, 0.1) is 0 Å². The van der Waals surface area contributed by atoms with Crippen molar-refractivity contribution < 1.29 is 14.6 Å². The summed E-state index contributed by atoms with van der Waals surface area (Å²) in [7, 11) is 1.62. The lowest BCUT2D eigenvalue weighted by molar-refractivity contribution is 0.0692. The van der Waals surface area contributed by atoms with Gasteiger partial charge in [0.05, 0.1) is 17.7 Å². The predicted octanol–water partition coefficient (Wildman–Crippen LogP) is 2.67. The zero-order valence-electron chi connectivity index (χ0n) is 9.92. The van der Waals surface area contributed by atoms with Gasteiger partial charge in [0.25, 0.3) is 0 Å². The number of nitrogens with zero attached hydrogens (tertiary/aromatic N) is 1. The third kappa shape index (κ3) is 2.80. The molecular weight excluding hydrogens is 250 g/mol. The number of rotatable bonds is 5. The molecular formula is C13H13NO3S. The Labute approximate surface area is 109 Å². The number of carbonyl (C=O) groups is 1. The molecule has 18 heavy (non-hydrogen) atoms. The number of aromatic nitrogens is 1. The second-order valence-corrected chi connectivity index (χ2v) is 4.76. The zero-order valence-corrected chi connectivity index (χ0v) is 10.7. The highest BCUT2D eigenvalue weighted by Gasteiger charge is 2.13. The number of pyridine rings is 1. The van der Waals surface area contributed by atoms with E-state index in [0.717, 1.165) is 10.9 Å². The van der Waals surface area contributed by atoms with Crippen molar-refractivity contribution in [2.75, 3.05) is 19.5 Å². The highest BCUT2D eigenvalue weighted by Crippen LogP contribution is 2.24. The molecule has 0 saturated carbocycles. The number of carboxylic acids is 1. The van der Waals surface area contributed by atoms with Crippen LogP contribution in [0.25, 0.3) is 10.9 Å². The summed E-state index contributed by atoms with van der Waals surface area (Å²) in [5.74, 6) is -0.268. The van der Waals surface area contributed by atoms with Gasteiger partial charge in [-0.1, -0.05) is 18.2 Å². The number of thioether (sulfide) groups is 1. The van der Waals surface area contributed by atoms with Crippen molar-refractivity contribution in [1.29, 1.82) is 0 Å². The van der Waals surface area contributed by atoms with Crippen LogP contribution >= 0.6 is 11.8 Å². The van der Waals surface area contributed by atoms with Gasteiger partial charge in [-0.3, -0.25) is 0 Å². The second kappa shape index (κ2) is 5.84. The van der Waals surface area contributed by atoms with Crippen molar-refractivity contribution in [3.8, 4) is 0 Å². The van der Waals surface area contributed by atoms with E-state index >= 15 is 0 Å². The normalized spacial score (nSPS) is 10.7. The van der Waals surface area contributed by atoms with Crippen molar-refractivity contribution >= 4 is 28.6 Å². The van der Waals surface area contributed by atoms with E-state index in [1.165, 1.54) is 11.8 Å². The van der Waals surface area contributed by atoms with Gasteiger partial charge in [0.1, 0.15) is 5.03 Å². The van der Waals surface area contributed by atoms with Gasteiger partial charge in [0, 0.05) is 18.2 Å². The fourth-order valence-corrected chi connectivity index (χ4v) is 2.49. The molecule has 94 valence electrons. The molecule has 1 heterocycles. The molecule has 0 spiro atoms. The number of ether oxygens (including phenoxy) is 1. The lowest BCUT2D eigenvalue weighted by atomic mass is 10.1. The molecule has 4 nitrogen and oxygen atoms in total. The average Bonchev–Trinajstić information content (AvgIpc) is 2.38. The summed E-state index contributed by atoms with van der Waals surface area (Å²) in [6.07, 6.45) is 0. The zero-order chi connectivity index (χ0) is 13.0. The molecule has 0 saturated heterocycles. The molecule has 2 aromatic rings. The Balaban J connectivity index is 2.41. The van der Waals surface area contributed by atoms with E-state index in [0.29, 0.717) is 17.4 Å². The van der Waals surface area contributed by atoms with E-state index < -0.39 is 5.97 Å². The Bertz CT molecular complexity index is 571. The largest absolute Gasteiger partial charge is 0.478 e. The summed E-state index contributed by atoms with van der Waals surface area (Å²) in [4.78, 5) is 15.6. The van der Waals surface area contributed by atoms with E-state index in [-0.39, 0.29) is 5.56 Å². The maximum absolute atomic E-state index is 11.2.